The molecule has 2 aromatic rings. The van der Waals surface area contributed by atoms with Gasteiger partial charge >= 0.3 is 0 Å². The number of nitrogens with zero attached hydrogens (tertiary/aromatic N) is 1. The van der Waals surface area contributed by atoms with E-state index < -0.39 is 5.95 Å². The van der Waals surface area contributed by atoms with Gasteiger partial charge in [0.25, 0.3) is 0 Å². The Hall–Kier alpha value is -1.90. The van der Waals surface area contributed by atoms with Crippen LogP contribution in [0, 0.1) is 5.95 Å². The minimum absolute atomic E-state index is 0.452. The Morgan fingerprint density at radius 3 is 2.78 bits per heavy atom. The van der Waals surface area contributed by atoms with E-state index in [1.807, 2.05) is 0 Å². The number of hydrogen-bond donors (Lipinski definition) is 1. The summed E-state index contributed by atoms with van der Waals surface area (Å²) in [5.41, 5.74) is 2.63. The summed E-state index contributed by atoms with van der Waals surface area (Å²) in [6.07, 6.45) is 2.62. The van der Waals surface area contributed by atoms with Crippen LogP contribution in [0.15, 0.2) is 42.5 Å². The average molecular weight is 242 g/mol. The van der Waals surface area contributed by atoms with E-state index in [0.717, 1.165) is 5.92 Å². The molecule has 1 N–H and O–H groups in total. The van der Waals surface area contributed by atoms with E-state index in [2.05, 4.69) is 34.6 Å². The Kier molecular flexibility index (Phi) is 2.97. The largest absolute Gasteiger partial charge is 0.366 e. The third kappa shape index (κ3) is 2.67. The van der Waals surface area contributed by atoms with Gasteiger partial charge in [-0.2, -0.15) is 4.39 Å². The van der Waals surface area contributed by atoms with Crippen molar-refractivity contribution in [1.82, 2.24) is 4.98 Å². The third-order valence-corrected chi connectivity index (χ3v) is 3.19. The van der Waals surface area contributed by atoms with E-state index in [1.54, 1.807) is 12.1 Å². The van der Waals surface area contributed by atoms with Gasteiger partial charge in [-0.3, -0.25) is 0 Å². The van der Waals surface area contributed by atoms with E-state index in [0.29, 0.717) is 12.4 Å². The van der Waals surface area contributed by atoms with Gasteiger partial charge in [0.1, 0.15) is 5.82 Å². The SMILES string of the molecule is Fc1cccc(NCc2cccc(C3CC3)c2)n1. The van der Waals surface area contributed by atoms with Crippen LogP contribution in [-0.4, -0.2) is 4.98 Å². The Morgan fingerprint density at radius 1 is 1.17 bits per heavy atom. The number of benzene rings is 1. The van der Waals surface area contributed by atoms with Crippen molar-refractivity contribution in [1.29, 1.82) is 0 Å². The van der Waals surface area contributed by atoms with E-state index in [-0.39, 0.29) is 0 Å². The molecule has 1 heterocycles. The quantitative estimate of drug-likeness (QED) is 0.827. The molecule has 1 aromatic heterocycles. The molecule has 2 nitrogen and oxygen atoms in total. The van der Waals surface area contributed by atoms with Crippen molar-refractivity contribution in [3.63, 3.8) is 0 Å². The molecule has 0 saturated heterocycles. The van der Waals surface area contributed by atoms with Crippen LogP contribution in [0.3, 0.4) is 0 Å². The van der Waals surface area contributed by atoms with Crippen molar-refractivity contribution in [3.8, 4) is 0 Å². The van der Waals surface area contributed by atoms with Crippen LogP contribution < -0.4 is 5.32 Å². The van der Waals surface area contributed by atoms with Gasteiger partial charge in [-0.25, -0.2) is 4.98 Å². The smallest absolute Gasteiger partial charge is 0.214 e. The zero-order valence-electron chi connectivity index (χ0n) is 10.1. The fourth-order valence-electron chi connectivity index (χ4n) is 2.07. The molecule has 3 rings (SSSR count). The molecule has 0 spiro atoms. The first-order valence-corrected chi connectivity index (χ1v) is 6.26. The molecule has 1 aliphatic carbocycles. The summed E-state index contributed by atoms with van der Waals surface area (Å²) in [5, 5.41) is 3.14. The summed E-state index contributed by atoms with van der Waals surface area (Å²) in [5.74, 6) is 0.885. The fraction of sp³-hybridized carbons (Fsp3) is 0.267. The first-order chi connectivity index (χ1) is 8.81. The molecule has 18 heavy (non-hydrogen) atoms. The number of halogens is 1. The van der Waals surface area contributed by atoms with Gasteiger partial charge in [0.05, 0.1) is 0 Å². The van der Waals surface area contributed by atoms with Crippen molar-refractivity contribution in [3.05, 3.63) is 59.5 Å². The third-order valence-electron chi connectivity index (χ3n) is 3.19. The summed E-state index contributed by atoms with van der Waals surface area (Å²) in [4.78, 5) is 3.78. The van der Waals surface area contributed by atoms with Crippen LogP contribution in [0.5, 0.6) is 0 Å². The van der Waals surface area contributed by atoms with Crippen molar-refractivity contribution >= 4 is 5.82 Å². The lowest BCUT2D eigenvalue weighted by Crippen LogP contribution is -2.02. The van der Waals surface area contributed by atoms with Gasteiger partial charge in [-0.15, -0.1) is 0 Å². The summed E-state index contributed by atoms with van der Waals surface area (Å²) in [6.45, 7) is 0.678. The lowest BCUT2D eigenvalue weighted by molar-refractivity contribution is 0.585. The van der Waals surface area contributed by atoms with Crippen LogP contribution in [0.2, 0.25) is 0 Å². The number of rotatable bonds is 4. The first kappa shape index (κ1) is 11.2. The lowest BCUT2D eigenvalue weighted by Gasteiger charge is -2.07. The van der Waals surface area contributed by atoms with Gasteiger partial charge in [0.15, 0.2) is 0 Å². The maximum absolute atomic E-state index is 12.9. The molecule has 0 aliphatic heterocycles. The molecule has 1 aromatic carbocycles. The van der Waals surface area contributed by atoms with Crippen LogP contribution in [0.25, 0.3) is 0 Å². The number of pyridine rings is 1. The number of nitrogens with one attached hydrogen (secondary N) is 1. The summed E-state index contributed by atoms with van der Waals surface area (Å²) in [7, 11) is 0. The second kappa shape index (κ2) is 4.77. The van der Waals surface area contributed by atoms with Gasteiger partial charge in [0, 0.05) is 6.54 Å². The van der Waals surface area contributed by atoms with Crippen molar-refractivity contribution in [2.45, 2.75) is 25.3 Å². The Labute approximate surface area is 106 Å². The summed E-state index contributed by atoms with van der Waals surface area (Å²) >= 11 is 0. The highest BCUT2D eigenvalue weighted by Crippen LogP contribution is 2.40. The maximum atomic E-state index is 12.9. The number of hydrogen-bond acceptors (Lipinski definition) is 2. The highest BCUT2D eigenvalue weighted by Gasteiger charge is 2.23. The van der Waals surface area contributed by atoms with Crippen molar-refractivity contribution in [2.24, 2.45) is 0 Å². The van der Waals surface area contributed by atoms with Crippen LogP contribution in [0.1, 0.15) is 29.9 Å². The molecule has 3 heteroatoms. The van der Waals surface area contributed by atoms with E-state index in [9.17, 15) is 4.39 Å². The molecule has 0 unspecified atom stereocenters. The zero-order valence-corrected chi connectivity index (χ0v) is 10.1. The molecule has 1 aliphatic rings. The Bertz CT molecular complexity index is 550. The molecule has 1 saturated carbocycles. The molecule has 0 atom stereocenters. The lowest BCUT2D eigenvalue weighted by atomic mass is 10.1. The molecule has 0 radical (unpaired) electrons. The minimum Gasteiger partial charge on any atom is -0.366 e. The Morgan fingerprint density at radius 2 is 2.00 bits per heavy atom. The summed E-state index contributed by atoms with van der Waals surface area (Å²) < 4.78 is 12.9. The first-order valence-electron chi connectivity index (χ1n) is 6.26. The monoisotopic (exact) mass is 242 g/mol. The van der Waals surface area contributed by atoms with Gasteiger partial charge in [0.2, 0.25) is 5.95 Å². The molecule has 0 amide bonds. The maximum Gasteiger partial charge on any atom is 0.214 e. The minimum atomic E-state index is -0.452. The van der Waals surface area contributed by atoms with Crippen molar-refractivity contribution in [2.75, 3.05) is 5.32 Å². The average Bonchev–Trinajstić information content (AvgIpc) is 3.21. The normalized spacial score (nSPS) is 14.5. The van der Waals surface area contributed by atoms with Gasteiger partial charge in [-0.05, 0) is 42.0 Å². The molecule has 0 bridgehead atoms. The van der Waals surface area contributed by atoms with Crippen molar-refractivity contribution < 1.29 is 4.39 Å². The van der Waals surface area contributed by atoms with Gasteiger partial charge < -0.3 is 5.32 Å². The predicted octanol–water partition coefficient (Wildman–Crippen LogP) is 3.71. The molecular formula is C15H15FN2. The fourth-order valence-corrected chi connectivity index (χ4v) is 2.07. The van der Waals surface area contributed by atoms with Crippen LogP contribution in [0.4, 0.5) is 10.2 Å². The van der Waals surface area contributed by atoms with Gasteiger partial charge in [-0.1, -0.05) is 30.3 Å². The Balaban J connectivity index is 1.67. The second-order valence-electron chi connectivity index (χ2n) is 4.72. The van der Waals surface area contributed by atoms with E-state index in [1.165, 1.54) is 30.0 Å². The highest BCUT2D eigenvalue weighted by molar-refractivity contribution is 5.36. The molecular weight excluding hydrogens is 227 g/mol. The topological polar surface area (TPSA) is 24.9 Å². The standard InChI is InChI=1S/C15H15FN2/c16-14-5-2-6-15(18-14)17-10-11-3-1-4-13(9-11)12-7-8-12/h1-6,9,12H,7-8,10H2,(H,17,18). The van der Waals surface area contributed by atoms with E-state index in [4.69, 9.17) is 0 Å². The summed E-state index contributed by atoms with van der Waals surface area (Å²) in [6, 6.07) is 13.4. The van der Waals surface area contributed by atoms with Crippen LogP contribution in [-0.2, 0) is 6.54 Å². The zero-order chi connectivity index (χ0) is 12.4. The second-order valence-corrected chi connectivity index (χ2v) is 4.72. The van der Waals surface area contributed by atoms with E-state index >= 15 is 0 Å². The number of aromatic nitrogens is 1. The number of anilines is 1. The predicted molar refractivity (Wildman–Crippen MR) is 69.9 cm³/mol. The van der Waals surface area contributed by atoms with Crippen LogP contribution >= 0.6 is 0 Å². The highest BCUT2D eigenvalue weighted by atomic mass is 19.1. The molecule has 92 valence electrons. The molecule has 1 fully saturated rings.